The number of alkyl halides is 6. The molecule has 0 saturated heterocycles. The summed E-state index contributed by atoms with van der Waals surface area (Å²) < 4.78 is 84.5. The van der Waals surface area contributed by atoms with Gasteiger partial charge >= 0.3 is 18.7 Å². The maximum atomic E-state index is 12.8. The Morgan fingerprint density at radius 1 is 0.750 bits per heavy atom. The summed E-state index contributed by atoms with van der Waals surface area (Å²) >= 11 is 0. The van der Waals surface area contributed by atoms with E-state index in [9.17, 15) is 36.2 Å². The van der Waals surface area contributed by atoms with Crippen LogP contribution in [0.25, 0.3) is 22.4 Å². The zero-order chi connectivity index (χ0) is 23.5. The lowest BCUT2D eigenvalue weighted by Gasteiger charge is -2.17. The molecule has 0 saturated carbocycles. The summed E-state index contributed by atoms with van der Waals surface area (Å²) in [5, 5.41) is 9.24. The van der Waals surface area contributed by atoms with Crippen LogP contribution in [-0.2, 0) is 11.2 Å². The lowest BCUT2D eigenvalue weighted by atomic mass is 9.99. The van der Waals surface area contributed by atoms with E-state index in [-0.39, 0.29) is 28.1 Å². The number of rotatable bonds is 6. The summed E-state index contributed by atoms with van der Waals surface area (Å²) in [6.07, 6.45) is -10.7. The Morgan fingerprint density at radius 3 is 1.78 bits per heavy atom. The molecular formula is C21H13F6NO4. The van der Waals surface area contributed by atoms with Gasteiger partial charge in [0.15, 0.2) is 0 Å². The zero-order valence-corrected chi connectivity index (χ0v) is 15.9. The minimum Gasteiger partial charge on any atom is -0.481 e. The van der Waals surface area contributed by atoms with Crippen molar-refractivity contribution in [2.75, 3.05) is 0 Å². The van der Waals surface area contributed by atoms with Crippen LogP contribution in [-0.4, -0.2) is 28.8 Å². The minimum absolute atomic E-state index is 0.0187. The van der Waals surface area contributed by atoms with E-state index in [1.807, 2.05) is 0 Å². The number of hydrogen-bond acceptors (Lipinski definition) is 4. The Bertz CT molecular complexity index is 1130. The van der Waals surface area contributed by atoms with Crippen molar-refractivity contribution in [3.63, 3.8) is 0 Å². The van der Waals surface area contributed by atoms with Gasteiger partial charge in [0.2, 0.25) is 0 Å². The first-order valence-corrected chi connectivity index (χ1v) is 8.85. The molecule has 0 bridgehead atoms. The first-order chi connectivity index (χ1) is 14.9. The van der Waals surface area contributed by atoms with Gasteiger partial charge in [0.25, 0.3) is 0 Å². The monoisotopic (exact) mass is 457 g/mol. The number of halogens is 6. The second-order valence-electron chi connectivity index (χ2n) is 6.35. The highest BCUT2D eigenvalue weighted by Gasteiger charge is 2.33. The van der Waals surface area contributed by atoms with Crippen molar-refractivity contribution in [2.45, 2.75) is 19.1 Å². The summed E-state index contributed by atoms with van der Waals surface area (Å²) in [5.41, 5.74) is -0.373. The van der Waals surface area contributed by atoms with E-state index >= 15 is 0 Å². The normalized spacial score (nSPS) is 11.8. The molecule has 1 heterocycles. The average Bonchev–Trinajstić information content (AvgIpc) is 2.66. The van der Waals surface area contributed by atoms with E-state index in [4.69, 9.17) is 0 Å². The molecule has 1 N–H and O–H groups in total. The van der Waals surface area contributed by atoms with Crippen molar-refractivity contribution in [1.29, 1.82) is 0 Å². The van der Waals surface area contributed by atoms with Gasteiger partial charge in [0, 0.05) is 16.7 Å². The molecule has 3 aromatic rings. The highest BCUT2D eigenvalue weighted by Crippen LogP contribution is 2.38. The van der Waals surface area contributed by atoms with E-state index in [0.29, 0.717) is 0 Å². The van der Waals surface area contributed by atoms with Crippen LogP contribution in [0, 0.1) is 0 Å². The smallest absolute Gasteiger partial charge is 0.481 e. The van der Waals surface area contributed by atoms with Gasteiger partial charge in [-0.05, 0) is 24.3 Å². The molecule has 32 heavy (non-hydrogen) atoms. The number of carboxylic acid groups (broad SMARTS) is 1. The molecule has 11 heteroatoms. The van der Waals surface area contributed by atoms with Gasteiger partial charge < -0.3 is 14.6 Å². The Morgan fingerprint density at radius 2 is 1.25 bits per heavy atom. The molecule has 5 nitrogen and oxygen atoms in total. The van der Waals surface area contributed by atoms with Crippen LogP contribution < -0.4 is 9.47 Å². The van der Waals surface area contributed by atoms with Gasteiger partial charge in [-0.1, -0.05) is 36.4 Å². The molecule has 0 radical (unpaired) electrons. The first-order valence-electron chi connectivity index (χ1n) is 8.85. The van der Waals surface area contributed by atoms with Gasteiger partial charge in [0.05, 0.1) is 17.8 Å². The van der Waals surface area contributed by atoms with Crippen molar-refractivity contribution in [1.82, 2.24) is 4.98 Å². The topological polar surface area (TPSA) is 68.7 Å². The van der Waals surface area contributed by atoms with E-state index in [0.717, 1.165) is 12.1 Å². The number of aromatic nitrogens is 1. The molecule has 0 aliphatic heterocycles. The average molecular weight is 457 g/mol. The lowest BCUT2D eigenvalue weighted by molar-refractivity contribution is -0.275. The third-order valence-corrected chi connectivity index (χ3v) is 4.08. The molecule has 168 valence electrons. The number of carbonyl (C=O) groups is 1. The second kappa shape index (κ2) is 8.77. The van der Waals surface area contributed by atoms with E-state index in [1.54, 1.807) is 0 Å². The SMILES string of the molecule is O=C(O)Cc1nc(-c2ccccc2OC(F)(F)F)ccc1-c1ccccc1OC(F)(F)F. The van der Waals surface area contributed by atoms with Gasteiger partial charge in [-0.2, -0.15) is 0 Å². The van der Waals surface area contributed by atoms with Crippen molar-refractivity contribution >= 4 is 5.97 Å². The summed E-state index contributed by atoms with van der Waals surface area (Å²) in [4.78, 5) is 15.5. The third kappa shape index (κ3) is 5.90. The Kier molecular flexibility index (Phi) is 6.28. The van der Waals surface area contributed by atoms with Gasteiger partial charge in [-0.15, -0.1) is 26.3 Å². The van der Waals surface area contributed by atoms with Gasteiger partial charge in [0.1, 0.15) is 11.5 Å². The molecule has 0 aliphatic carbocycles. The third-order valence-electron chi connectivity index (χ3n) is 4.08. The number of ether oxygens (including phenoxy) is 2. The minimum atomic E-state index is -5.00. The number of carboxylic acids is 1. The van der Waals surface area contributed by atoms with Crippen LogP contribution in [0.3, 0.4) is 0 Å². The fraction of sp³-hybridized carbons (Fsp3) is 0.143. The lowest BCUT2D eigenvalue weighted by Crippen LogP contribution is -2.18. The number of benzene rings is 2. The van der Waals surface area contributed by atoms with E-state index < -0.39 is 36.6 Å². The molecule has 0 amide bonds. The highest BCUT2D eigenvalue weighted by atomic mass is 19.4. The molecule has 0 aliphatic rings. The summed E-state index contributed by atoms with van der Waals surface area (Å²) in [7, 11) is 0. The van der Waals surface area contributed by atoms with E-state index in [2.05, 4.69) is 14.5 Å². The van der Waals surface area contributed by atoms with E-state index in [1.165, 1.54) is 48.5 Å². The summed E-state index contributed by atoms with van der Waals surface area (Å²) in [5.74, 6) is -2.49. The highest BCUT2D eigenvalue weighted by molar-refractivity contribution is 5.80. The number of hydrogen-bond donors (Lipinski definition) is 1. The summed E-state index contributed by atoms with van der Waals surface area (Å²) in [6.45, 7) is 0. The molecule has 2 aromatic carbocycles. The number of para-hydroxylation sites is 2. The van der Waals surface area contributed by atoms with Crippen LogP contribution in [0.1, 0.15) is 5.69 Å². The predicted octanol–water partition coefficient (Wildman–Crippen LogP) is 5.84. The van der Waals surface area contributed by atoms with Crippen LogP contribution in [0.5, 0.6) is 11.5 Å². The molecule has 3 rings (SSSR count). The quantitative estimate of drug-likeness (QED) is 0.471. The van der Waals surface area contributed by atoms with Crippen LogP contribution in [0.15, 0.2) is 60.7 Å². The van der Waals surface area contributed by atoms with Crippen molar-refractivity contribution in [3.8, 4) is 33.9 Å². The zero-order valence-electron chi connectivity index (χ0n) is 15.9. The van der Waals surface area contributed by atoms with Crippen molar-refractivity contribution in [2.24, 2.45) is 0 Å². The second-order valence-corrected chi connectivity index (χ2v) is 6.35. The fourth-order valence-corrected chi connectivity index (χ4v) is 2.97. The number of nitrogens with zero attached hydrogens (tertiary/aromatic N) is 1. The molecule has 1 aromatic heterocycles. The first kappa shape index (κ1) is 22.9. The molecule has 0 fully saturated rings. The number of pyridine rings is 1. The molecular weight excluding hydrogens is 444 g/mol. The van der Waals surface area contributed by atoms with Crippen molar-refractivity contribution < 1.29 is 45.7 Å². The molecule has 0 atom stereocenters. The Hall–Kier alpha value is -3.76. The van der Waals surface area contributed by atoms with Crippen LogP contribution in [0.4, 0.5) is 26.3 Å². The Balaban J connectivity index is 2.14. The van der Waals surface area contributed by atoms with Gasteiger partial charge in [-0.3, -0.25) is 9.78 Å². The molecule has 0 spiro atoms. The maximum absolute atomic E-state index is 12.8. The largest absolute Gasteiger partial charge is 0.573 e. The van der Waals surface area contributed by atoms with Crippen LogP contribution >= 0.6 is 0 Å². The van der Waals surface area contributed by atoms with Crippen LogP contribution in [0.2, 0.25) is 0 Å². The molecule has 0 unspecified atom stereocenters. The Labute approximate surface area is 176 Å². The summed E-state index contributed by atoms with van der Waals surface area (Å²) in [6, 6.07) is 12.7. The van der Waals surface area contributed by atoms with Gasteiger partial charge in [-0.25, -0.2) is 0 Å². The number of aliphatic carboxylic acids is 1. The fourth-order valence-electron chi connectivity index (χ4n) is 2.97. The maximum Gasteiger partial charge on any atom is 0.573 e. The standard InChI is InChI=1S/C21H13F6NO4/c22-20(23,24)31-17-7-3-1-5-13(17)12-9-10-15(28-16(12)11-19(29)30)14-6-2-4-8-18(14)32-21(25,26)27/h1-10H,11H2,(H,29,30). The van der Waals surface area contributed by atoms with Crippen molar-refractivity contribution in [3.05, 3.63) is 66.4 Å². The predicted molar refractivity (Wildman–Crippen MR) is 99.8 cm³/mol.